The number of hydrogen-bond donors (Lipinski definition) is 3. The lowest BCUT2D eigenvalue weighted by Crippen LogP contribution is -2.48. The van der Waals surface area contributed by atoms with E-state index in [1.807, 2.05) is 25.2 Å². The summed E-state index contributed by atoms with van der Waals surface area (Å²) < 4.78 is 5.38. The Labute approximate surface area is 201 Å². The van der Waals surface area contributed by atoms with Crippen LogP contribution in [0.5, 0.6) is 5.75 Å². The van der Waals surface area contributed by atoms with Gasteiger partial charge < -0.3 is 25.7 Å². The summed E-state index contributed by atoms with van der Waals surface area (Å²) in [7, 11) is 3.43. The van der Waals surface area contributed by atoms with E-state index in [9.17, 15) is 4.79 Å². The molecule has 8 heteroatoms. The molecule has 0 bridgehead atoms. The third-order valence-corrected chi connectivity index (χ3v) is 5.48. The molecule has 33 heavy (non-hydrogen) atoms. The average molecular weight is 472 g/mol. The third-order valence-electron chi connectivity index (χ3n) is 5.33. The molecule has 2 aromatic carbocycles. The molecule has 1 aliphatic rings. The number of ether oxygens (including phenoxy) is 1. The van der Waals surface area contributed by atoms with Gasteiger partial charge in [0.2, 0.25) is 5.91 Å². The van der Waals surface area contributed by atoms with Crippen molar-refractivity contribution in [2.45, 2.75) is 6.92 Å². The maximum Gasteiger partial charge on any atom is 0.238 e. The SMILES string of the molecule is C=C(NC)c1cc(NC(=O)CN2CCN(c3ccc(C)cc3)CC2)ccc1OC.N=CCCl. The minimum atomic E-state index is -0.0139. The number of aryl methyl sites for hydroxylation is 1. The Bertz CT molecular complexity index is 925. The second-order valence-electron chi connectivity index (χ2n) is 7.65. The van der Waals surface area contributed by atoms with Gasteiger partial charge in [-0.05, 0) is 37.3 Å². The Morgan fingerprint density at radius 3 is 2.36 bits per heavy atom. The highest BCUT2D eigenvalue weighted by molar-refractivity contribution is 6.24. The second kappa shape index (κ2) is 13.5. The number of hydrogen-bond acceptors (Lipinski definition) is 6. The predicted molar refractivity (Wildman–Crippen MR) is 139 cm³/mol. The highest BCUT2D eigenvalue weighted by Gasteiger charge is 2.19. The number of carbonyl (C=O) groups is 1. The Balaban J connectivity index is 0.000000890. The van der Waals surface area contributed by atoms with Gasteiger partial charge in [-0.25, -0.2) is 0 Å². The van der Waals surface area contributed by atoms with Crippen molar-refractivity contribution < 1.29 is 9.53 Å². The maximum absolute atomic E-state index is 12.5. The van der Waals surface area contributed by atoms with Gasteiger partial charge in [-0.1, -0.05) is 24.3 Å². The summed E-state index contributed by atoms with van der Waals surface area (Å²) in [6, 6.07) is 14.2. The fourth-order valence-corrected chi connectivity index (χ4v) is 3.48. The van der Waals surface area contributed by atoms with Crippen LogP contribution in [0.3, 0.4) is 0 Å². The summed E-state index contributed by atoms with van der Waals surface area (Å²) in [5.74, 6) is 1.04. The summed E-state index contributed by atoms with van der Waals surface area (Å²) in [6.07, 6.45) is 1.14. The number of rotatable bonds is 8. The van der Waals surface area contributed by atoms with Gasteiger partial charge >= 0.3 is 0 Å². The van der Waals surface area contributed by atoms with Crippen molar-refractivity contribution in [3.05, 3.63) is 60.2 Å². The molecule has 1 aliphatic heterocycles. The molecule has 0 spiro atoms. The summed E-state index contributed by atoms with van der Waals surface area (Å²) in [4.78, 5) is 17.1. The van der Waals surface area contributed by atoms with E-state index in [0.717, 1.165) is 55.1 Å². The van der Waals surface area contributed by atoms with Gasteiger partial charge in [-0.2, -0.15) is 0 Å². The molecule has 2 aromatic rings. The Hall–Kier alpha value is -3.03. The van der Waals surface area contributed by atoms with Crippen molar-refractivity contribution in [1.82, 2.24) is 10.2 Å². The molecule has 178 valence electrons. The van der Waals surface area contributed by atoms with Crippen molar-refractivity contribution in [1.29, 1.82) is 5.41 Å². The molecule has 1 heterocycles. The molecule has 0 aromatic heterocycles. The van der Waals surface area contributed by atoms with E-state index in [0.29, 0.717) is 12.4 Å². The predicted octanol–water partition coefficient (Wildman–Crippen LogP) is 3.83. The molecule has 0 radical (unpaired) electrons. The Morgan fingerprint density at radius 1 is 1.18 bits per heavy atom. The van der Waals surface area contributed by atoms with Crippen molar-refractivity contribution in [3.63, 3.8) is 0 Å². The van der Waals surface area contributed by atoms with Gasteiger partial charge in [0, 0.05) is 62.1 Å². The van der Waals surface area contributed by atoms with E-state index in [-0.39, 0.29) is 5.91 Å². The number of nitrogens with zero attached hydrogens (tertiary/aromatic N) is 2. The Kier molecular flexibility index (Phi) is 10.7. The van der Waals surface area contributed by atoms with E-state index in [4.69, 9.17) is 21.7 Å². The number of halogens is 1. The summed E-state index contributed by atoms with van der Waals surface area (Å²) in [5, 5.41) is 12.2. The first kappa shape index (κ1) is 26.2. The number of benzene rings is 2. The smallest absolute Gasteiger partial charge is 0.238 e. The van der Waals surface area contributed by atoms with Crippen molar-refractivity contribution in [2.75, 3.05) is 63.0 Å². The largest absolute Gasteiger partial charge is 0.496 e. The minimum absolute atomic E-state index is 0.0139. The van der Waals surface area contributed by atoms with Crippen LogP contribution in [0, 0.1) is 12.3 Å². The van der Waals surface area contributed by atoms with Gasteiger partial charge in [0.05, 0.1) is 19.5 Å². The molecular weight excluding hydrogens is 438 g/mol. The molecule has 0 saturated carbocycles. The van der Waals surface area contributed by atoms with Crippen LogP contribution >= 0.6 is 11.6 Å². The maximum atomic E-state index is 12.5. The molecule has 1 amide bonds. The number of nitrogens with one attached hydrogen (secondary N) is 3. The van der Waals surface area contributed by atoms with Crippen LogP contribution in [0.1, 0.15) is 11.1 Å². The number of carbonyl (C=O) groups excluding carboxylic acids is 1. The van der Waals surface area contributed by atoms with Gasteiger partial charge in [0.15, 0.2) is 0 Å². The second-order valence-corrected chi connectivity index (χ2v) is 7.96. The molecule has 7 nitrogen and oxygen atoms in total. The third kappa shape index (κ3) is 8.11. The standard InChI is InChI=1S/C23H30N4O2.C2H4ClN/c1-17-5-8-20(9-6-17)27-13-11-26(12-14-27)16-23(28)25-19-7-10-22(29-4)21(15-19)18(2)24-3;3-1-2-4/h5-10,15,24H,2,11-14,16H2,1,3-4H3,(H,25,28);2,4H,1H2. The fourth-order valence-electron chi connectivity index (χ4n) is 3.48. The molecule has 1 saturated heterocycles. The number of methoxy groups -OCH3 is 1. The molecule has 0 atom stereocenters. The lowest BCUT2D eigenvalue weighted by atomic mass is 10.1. The van der Waals surface area contributed by atoms with Crippen LogP contribution in [0.15, 0.2) is 49.0 Å². The first-order valence-electron chi connectivity index (χ1n) is 10.9. The summed E-state index contributed by atoms with van der Waals surface area (Å²) in [6.45, 7) is 10.0. The zero-order valence-corrected chi connectivity index (χ0v) is 20.4. The van der Waals surface area contributed by atoms with E-state index in [1.54, 1.807) is 7.11 Å². The van der Waals surface area contributed by atoms with E-state index in [2.05, 4.69) is 58.2 Å². The van der Waals surface area contributed by atoms with Gasteiger partial charge in [-0.3, -0.25) is 9.69 Å². The van der Waals surface area contributed by atoms with Crippen LogP contribution < -0.4 is 20.3 Å². The van der Waals surface area contributed by atoms with E-state index < -0.39 is 0 Å². The van der Waals surface area contributed by atoms with Crippen LogP contribution in [0.2, 0.25) is 0 Å². The molecular formula is C25H34ClN5O2. The molecule has 3 N–H and O–H groups in total. The number of piperazine rings is 1. The normalized spacial score (nSPS) is 13.4. The van der Waals surface area contributed by atoms with E-state index >= 15 is 0 Å². The van der Waals surface area contributed by atoms with Crippen LogP contribution in [-0.4, -0.2) is 69.8 Å². The number of alkyl halides is 1. The van der Waals surface area contributed by atoms with Crippen LogP contribution in [-0.2, 0) is 4.79 Å². The van der Waals surface area contributed by atoms with Crippen molar-refractivity contribution in [3.8, 4) is 5.75 Å². The highest BCUT2D eigenvalue weighted by atomic mass is 35.5. The molecule has 3 rings (SSSR count). The van der Waals surface area contributed by atoms with Crippen molar-refractivity contribution in [2.24, 2.45) is 0 Å². The lowest BCUT2D eigenvalue weighted by molar-refractivity contribution is -0.117. The quantitative estimate of drug-likeness (QED) is 0.402. The van der Waals surface area contributed by atoms with Crippen LogP contribution in [0.25, 0.3) is 5.70 Å². The zero-order chi connectivity index (χ0) is 24.2. The summed E-state index contributed by atoms with van der Waals surface area (Å²) in [5.41, 5.74) is 4.82. The zero-order valence-electron chi connectivity index (χ0n) is 19.7. The first-order chi connectivity index (χ1) is 15.9. The minimum Gasteiger partial charge on any atom is -0.496 e. The summed E-state index contributed by atoms with van der Waals surface area (Å²) >= 11 is 4.94. The van der Waals surface area contributed by atoms with Gasteiger partial charge in [0.25, 0.3) is 0 Å². The molecule has 0 unspecified atom stereocenters. The van der Waals surface area contributed by atoms with E-state index in [1.165, 1.54) is 11.3 Å². The first-order valence-corrected chi connectivity index (χ1v) is 11.4. The number of anilines is 2. The number of amides is 1. The van der Waals surface area contributed by atoms with Gasteiger partial charge in [0.1, 0.15) is 5.75 Å². The highest BCUT2D eigenvalue weighted by Crippen LogP contribution is 2.27. The van der Waals surface area contributed by atoms with Gasteiger partial charge in [-0.15, -0.1) is 11.6 Å². The van der Waals surface area contributed by atoms with Crippen molar-refractivity contribution >= 4 is 40.8 Å². The topological polar surface area (TPSA) is 80.7 Å². The lowest BCUT2D eigenvalue weighted by Gasteiger charge is -2.35. The molecule has 0 aliphatic carbocycles. The van der Waals surface area contributed by atoms with Crippen LogP contribution in [0.4, 0.5) is 11.4 Å². The Morgan fingerprint density at radius 2 is 1.82 bits per heavy atom. The molecule has 1 fully saturated rings. The monoisotopic (exact) mass is 471 g/mol. The fraction of sp³-hybridized carbons (Fsp3) is 0.360. The average Bonchev–Trinajstić information content (AvgIpc) is 2.84.